The molecule has 2 atom stereocenters. The van der Waals surface area contributed by atoms with Crippen molar-refractivity contribution in [2.24, 2.45) is 0 Å². The molecule has 5 heterocycles. The van der Waals surface area contributed by atoms with E-state index < -0.39 is 0 Å². The van der Waals surface area contributed by atoms with Gasteiger partial charge in [0.2, 0.25) is 0 Å². The number of benzene rings is 9. The van der Waals surface area contributed by atoms with Gasteiger partial charge in [-0.1, -0.05) is 183 Å². The second-order valence-corrected chi connectivity index (χ2v) is 25.8. The van der Waals surface area contributed by atoms with Crippen LogP contribution in [-0.2, 0) is 16.2 Å². The number of hydrogen-bond donors (Lipinski definition) is 0. The van der Waals surface area contributed by atoms with E-state index in [2.05, 4.69) is 252 Å². The molecule has 1 fully saturated rings. The maximum atomic E-state index is 6.76. The third-order valence-corrected chi connectivity index (χ3v) is 19.7. The van der Waals surface area contributed by atoms with E-state index in [0.29, 0.717) is 0 Å². The van der Waals surface area contributed by atoms with Crippen molar-refractivity contribution in [3.63, 3.8) is 0 Å². The van der Waals surface area contributed by atoms with Crippen molar-refractivity contribution in [1.82, 2.24) is 0 Å². The summed E-state index contributed by atoms with van der Waals surface area (Å²) in [4.78, 5) is 8.17. The number of furan rings is 1. The van der Waals surface area contributed by atoms with E-state index in [1.54, 1.807) is 0 Å². The van der Waals surface area contributed by atoms with Gasteiger partial charge in [0, 0.05) is 60.3 Å². The molecule has 3 aliphatic heterocycles. The summed E-state index contributed by atoms with van der Waals surface area (Å²) in [5.41, 5.74) is 21.7. The van der Waals surface area contributed by atoms with E-state index in [1.165, 1.54) is 117 Å². The lowest BCUT2D eigenvalue weighted by molar-refractivity contribution is 0.195. The lowest BCUT2D eigenvalue weighted by Crippen LogP contribution is -2.61. The number of hydrogen-bond acceptors (Lipinski definition) is 5. The maximum Gasteiger partial charge on any atom is 0.252 e. The molecule has 6 heteroatoms. The summed E-state index contributed by atoms with van der Waals surface area (Å²) in [6.07, 6.45) is 4.70. The van der Waals surface area contributed by atoms with Crippen LogP contribution in [0.5, 0.6) is 0 Å². The average Bonchev–Trinajstić information content (AvgIpc) is 4.23. The molecule has 0 spiro atoms. The summed E-state index contributed by atoms with van der Waals surface area (Å²) in [6.45, 7) is 19.2. The molecule has 0 saturated heterocycles. The molecular weight excluding hydrogens is 942 g/mol. The van der Waals surface area contributed by atoms with Crippen LogP contribution in [0.15, 0.2) is 186 Å². The third kappa shape index (κ3) is 6.31. The fourth-order valence-corrected chi connectivity index (χ4v) is 15.7. The first-order chi connectivity index (χ1) is 36.7. The minimum absolute atomic E-state index is 0.0345. The molecule has 15 rings (SSSR count). The Kier molecular flexibility index (Phi) is 9.65. The first kappa shape index (κ1) is 45.8. The van der Waals surface area contributed by atoms with Gasteiger partial charge < -0.3 is 19.1 Å². The smallest absolute Gasteiger partial charge is 0.252 e. The average molecular weight is 1000 g/mol. The molecule has 0 amide bonds. The predicted octanol–water partition coefficient (Wildman–Crippen LogP) is 18.0. The van der Waals surface area contributed by atoms with Crippen molar-refractivity contribution < 1.29 is 4.42 Å². The van der Waals surface area contributed by atoms with Crippen molar-refractivity contribution in [2.75, 3.05) is 14.7 Å². The number of nitrogens with zero attached hydrogens (tertiary/aromatic N) is 3. The van der Waals surface area contributed by atoms with Gasteiger partial charge in [-0.05, 0) is 130 Å². The number of fused-ring (bicyclic) bond motifs is 14. The van der Waals surface area contributed by atoms with Crippen molar-refractivity contribution >= 4 is 122 Å². The highest BCUT2D eigenvalue weighted by atomic mass is 32.1. The molecule has 4 aliphatic rings. The Labute approximate surface area is 451 Å². The predicted molar refractivity (Wildman–Crippen MR) is 326 cm³/mol. The highest BCUT2D eigenvalue weighted by Gasteiger charge is 2.58. The first-order valence-corrected chi connectivity index (χ1v) is 28.4. The Hall–Kier alpha value is -7.54. The lowest BCUT2D eigenvalue weighted by atomic mass is 9.33. The zero-order valence-electron chi connectivity index (χ0n) is 44.9. The number of anilines is 8. The molecule has 0 bridgehead atoms. The third-order valence-electron chi connectivity index (χ3n) is 18.5. The SMILES string of the molecule is CC(C)(C)c1ccc2c(c1)B1c3ccc4c(sc5ccccc54)c3N(c3ccc(C(C)(C)C)cc3-c3ccccc3)c3cc(N4c5ccccc5C5(C)CCCCC45C)cc(c31)N2c1cccc2oc3ccccc3c12. The highest BCUT2D eigenvalue weighted by Crippen LogP contribution is 2.62. The van der Waals surface area contributed by atoms with Gasteiger partial charge in [-0.15, -0.1) is 11.3 Å². The minimum atomic E-state index is -0.172. The van der Waals surface area contributed by atoms with Gasteiger partial charge >= 0.3 is 0 Å². The number of thiophene rings is 1. The summed E-state index contributed by atoms with van der Waals surface area (Å²) in [6, 6.07) is 69.7. The molecule has 2 unspecified atom stereocenters. The monoisotopic (exact) mass is 1000 g/mol. The molecule has 11 aromatic rings. The Morgan fingerprint density at radius 3 is 1.97 bits per heavy atom. The van der Waals surface area contributed by atoms with Crippen LogP contribution in [0.1, 0.15) is 97.8 Å². The molecule has 1 saturated carbocycles. The van der Waals surface area contributed by atoms with Gasteiger partial charge in [-0.2, -0.15) is 0 Å². The Morgan fingerprint density at radius 2 is 1.17 bits per heavy atom. The second kappa shape index (κ2) is 16.0. The van der Waals surface area contributed by atoms with Crippen molar-refractivity contribution in [3.8, 4) is 11.1 Å². The van der Waals surface area contributed by atoms with Crippen molar-refractivity contribution in [3.05, 3.63) is 199 Å². The molecule has 4 nitrogen and oxygen atoms in total. The molecule has 2 aromatic heterocycles. The molecule has 76 heavy (non-hydrogen) atoms. The van der Waals surface area contributed by atoms with Crippen LogP contribution < -0.4 is 31.1 Å². The second-order valence-electron chi connectivity index (χ2n) is 24.8. The standard InChI is InChI=1S/C70H62BN3OS/c1-67(2,3)44-31-35-54(50(39-44)43-21-10-9-11-22-43)73-59-42-46(74-55-26-15-14-25-51(55)69(7)37-18-19-38-70(69,74)8)41-58-64(59)71(52-34-33-48-47-23-13-17-30-62(47)76-66(48)65(52)73)53-40-45(68(4,5)6)32-36-56(53)72(58)57-27-20-29-61-63(57)49-24-12-16-28-60(49)75-61/h9-17,20-36,39-42H,18-19,37-38H2,1-8H3. The molecule has 9 aromatic carbocycles. The van der Waals surface area contributed by atoms with Crippen molar-refractivity contribution in [2.45, 2.75) is 103 Å². The minimum Gasteiger partial charge on any atom is -0.456 e. The molecule has 0 N–H and O–H groups in total. The van der Waals surface area contributed by atoms with Gasteiger partial charge in [0.25, 0.3) is 6.71 Å². The van der Waals surface area contributed by atoms with E-state index in [1.807, 2.05) is 11.3 Å². The van der Waals surface area contributed by atoms with Crippen LogP contribution >= 0.6 is 11.3 Å². The quantitative estimate of drug-likeness (QED) is 0.164. The van der Waals surface area contributed by atoms with Gasteiger partial charge in [0.05, 0.1) is 32.7 Å². The molecule has 372 valence electrons. The van der Waals surface area contributed by atoms with E-state index in [-0.39, 0.29) is 28.5 Å². The van der Waals surface area contributed by atoms with E-state index in [9.17, 15) is 0 Å². The van der Waals surface area contributed by atoms with Crippen LogP contribution in [-0.4, -0.2) is 12.3 Å². The van der Waals surface area contributed by atoms with Crippen LogP contribution in [0.3, 0.4) is 0 Å². The van der Waals surface area contributed by atoms with E-state index in [4.69, 9.17) is 4.42 Å². The number of para-hydroxylation sites is 2. The normalized spacial score (nSPS) is 18.8. The first-order valence-electron chi connectivity index (χ1n) is 27.6. The zero-order chi connectivity index (χ0) is 51.6. The molecule has 0 radical (unpaired) electrons. The zero-order valence-corrected chi connectivity index (χ0v) is 45.7. The topological polar surface area (TPSA) is 22.9 Å². The largest absolute Gasteiger partial charge is 0.456 e. The molecular formula is C70H62BN3OS. The van der Waals surface area contributed by atoms with Crippen LogP contribution in [0.25, 0.3) is 53.2 Å². The van der Waals surface area contributed by atoms with Gasteiger partial charge in [-0.25, -0.2) is 0 Å². The Morgan fingerprint density at radius 1 is 0.513 bits per heavy atom. The Bertz CT molecular complexity index is 4230. The highest BCUT2D eigenvalue weighted by molar-refractivity contribution is 7.26. The Balaban J connectivity index is 1.14. The summed E-state index contributed by atoms with van der Waals surface area (Å²) in [5.74, 6) is 0. The van der Waals surface area contributed by atoms with Gasteiger partial charge in [0.1, 0.15) is 11.2 Å². The van der Waals surface area contributed by atoms with Crippen LogP contribution in [0.2, 0.25) is 0 Å². The van der Waals surface area contributed by atoms with Gasteiger partial charge in [-0.3, -0.25) is 0 Å². The maximum absolute atomic E-state index is 6.76. The van der Waals surface area contributed by atoms with Crippen LogP contribution in [0.4, 0.5) is 45.5 Å². The van der Waals surface area contributed by atoms with Gasteiger partial charge in [0.15, 0.2) is 0 Å². The van der Waals surface area contributed by atoms with Crippen molar-refractivity contribution in [1.29, 1.82) is 0 Å². The number of rotatable bonds is 4. The summed E-state index contributed by atoms with van der Waals surface area (Å²) < 4.78 is 9.39. The van der Waals surface area contributed by atoms with E-state index >= 15 is 0 Å². The summed E-state index contributed by atoms with van der Waals surface area (Å²) in [5, 5.41) is 4.86. The van der Waals surface area contributed by atoms with E-state index in [0.717, 1.165) is 40.5 Å². The summed E-state index contributed by atoms with van der Waals surface area (Å²) in [7, 11) is 0. The summed E-state index contributed by atoms with van der Waals surface area (Å²) >= 11 is 1.94. The fourth-order valence-electron chi connectivity index (χ4n) is 14.4. The van der Waals surface area contributed by atoms with Crippen LogP contribution in [0, 0.1) is 0 Å². The fraction of sp³-hybridized carbons (Fsp3) is 0.229. The molecule has 1 aliphatic carbocycles. The lowest BCUT2D eigenvalue weighted by Gasteiger charge is -2.51.